The fraction of sp³-hybridized carbons (Fsp3) is 0.0526. The highest BCUT2D eigenvalue weighted by molar-refractivity contribution is 7.92. The molecule has 4 N–H and O–H groups in total. The average molecular weight is 401 g/mol. The van der Waals surface area contributed by atoms with Gasteiger partial charge in [-0.1, -0.05) is 6.07 Å². The lowest BCUT2D eigenvalue weighted by atomic mass is 9.99. The number of hydrogen-bond donors (Lipinski definition) is 4. The van der Waals surface area contributed by atoms with Gasteiger partial charge in [-0.3, -0.25) is 4.72 Å². The van der Waals surface area contributed by atoms with Gasteiger partial charge in [-0.05, 0) is 65.7 Å². The van der Waals surface area contributed by atoms with E-state index in [0.717, 1.165) is 6.07 Å². The van der Waals surface area contributed by atoms with Gasteiger partial charge in [-0.2, -0.15) is 0 Å². The lowest BCUT2D eigenvalue weighted by Crippen LogP contribution is -2.13. The van der Waals surface area contributed by atoms with E-state index in [1.807, 2.05) is 0 Å². The lowest BCUT2D eigenvalue weighted by molar-refractivity contribution is 0.0687. The number of sulfonamides is 1. The average Bonchev–Trinajstić information content (AvgIpc) is 2.64. The summed E-state index contributed by atoms with van der Waals surface area (Å²) in [5.74, 6) is -2.63. The van der Waals surface area contributed by atoms with Gasteiger partial charge in [0, 0.05) is 5.69 Å². The van der Waals surface area contributed by atoms with Crippen molar-refractivity contribution >= 4 is 38.4 Å². The monoisotopic (exact) mass is 401 g/mol. The van der Waals surface area contributed by atoms with Crippen molar-refractivity contribution in [3.8, 4) is 5.75 Å². The molecule has 8 nitrogen and oxygen atoms in total. The molecule has 0 spiro atoms. The number of aromatic hydroxyl groups is 1. The van der Waals surface area contributed by atoms with E-state index < -0.39 is 22.0 Å². The molecule has 0 aromatic heterocycles. The van der Waals surface area contributed by atoms with Crippen LogP contribution in [0.5, 0.6) is 5.75 Å². The molecule has 0 atom stereocenters. The first kappa shape index (κ1) is 19.2. The number of phenols is 1. The maximum absolute atomic E-state index is 12.7. The number of carboxylic acids is 2. The maximum Gasteiger partial charge on any atom is 0.336 e. The number of carbonyl (C=O) groups is 2. The number of nitrogens with one attached hydrogen (secondary N) is 1. The standard InChI is InChI=1S/C19H15NO7S/c1-10-14-7-6-13(8-15(14)16(19(24)25)9-17(10)21)28(26,27)20-12-4-2-11(3-5-12)18(22)23/h2-9,20-21H,1H3,(H,22,23)(H,24,25). The first-order valence-corrected chi connectivity index (χ1v) is 9.44. The Morgan fingerprint density at radius 1 is 0.893 bits per heavy atom. The molecule has 0 heterocycles. The van der Waals surface area contributed by atoms with Crippen molar-refractivity contribution in [2.45, 2.75) is 11.8 Å². The zero-order valence-electron chi connectivity index (χ0n) is 14.5. The first-order chi connectivity index (χ1) is 13.1. The number of phenolic OH excluding ortho intramolecular Hbond substituents is 1. The Labute approximate surface area is 159 Å². The third-order valence-electron chi connectivity index (χ3n) is 4.28. The van der Waals surface area contributed by atoms with E-state index in [1.54, 1.807) is 6.92 Å². The van der Waals surface area contributed by atoms with Gasteiger partial charge in [0.25, 0.3) is 10.0 Å². The summed E-state index contributed by atoms with van der Waals surface area (Å²) in [5.41, 5.74) is 0.377. The Hall–Kier alpha value is -3.59. The van der Waals surface area contributed by atoms with Crippen LogP contribution in [0.3, 0.4) is 0 Å². The molecule has 3 rings (SSSR count). The summed E-state index contributed by atoms with van der Waals surface area (Å²) in [6.07, 6.45) is 0. The van der Waals surface area contributed by atoms with Crippen LogP contribution in [0.2, 0.25) is 0 Å². The molecule has 0 aliphatic heterocycles. The van der Waals surface area contributed by atoms with Crippen LogP contribution < -0.4 is 4.72 Å². The van der Waals surface area contributed by atoms with E-state index in [4.69, 9.17) is 5.11 Å². The number of carboxylic acid groups (broad SMARTS) is 2. The number of aryl methyl sites for hydroxylation is 1. The summed E-state index contributed by atoms with van der Waals surface area (Å²) < 4.78 is 27.7. The summed E-state index contributed by atoms with van der Waals surface area (Å²) in [7, 11) is -4.06. The van der Waals surface area contributed by atoms with Crippen molar-refractivity contribution in [2.75, 3.05) is 4.72 Å². The number of aromatic carboxylic acids is 2. The van der Waals surface area contributed by atoms with Crippen LogP contribution >= 0.6 is 0 Å². The quantitative estimate of drug-likeness (QED) is 0.515. The van der Waals surface area contributed by atoms with Crippen LogP contribution in [0.4, 0.5) is 5.69 Å². The molecule has 0 radical (unpaired) electrons. The van der Waals surface area contributed by atoms with Crippen LogP contribution in [0.25, 0.3) is 10.8 Å². The van der Waals surface area contributed by atoms with Gasteiger partial charge >= 0.3 is 11.9 Å². The molecule has 0 fully saturated rings. The normalized spacial score (nSPS) is 11.3. The second-order valence-corrected chi connectivity index (χ2v) is 7.75. The van der Waals surface area contributed by atoms with E-state index in [0.29, 0.717) is 10.9 Å². The number of hydrogen-bond acceptors (Lipinski definition) is 5. The molecule has 0 amide bonds. The maximum atomic E-state index is 12.7. The highest BCUT2D eigenvalue weighted by atomic mass is 32.2. The van der Waals surface area contributed by atoms with Crippen molar-refractivity contribution < 1.29 is 33.3 Å². The smallest absolute Gasteiger partial charge is 0.336 e. The van der Waals surface area contributed by atoms with Gasteiger partial charge in [0.2, 0.25) is 0 Å². The molecule has 0 bridgehead atoms. The highest BCUT2D eigenvalue weighted by Gasteiger charge is 2.19. The fourth-order valence-electron chi connectivity index (χ4n) is 2.77. The Bertz CT molecular complexity index is 1220. The van der Waals surface area contributed by atoms with Crippen molar-refractivity contribution in [3.05, 3.63) is 65.2 Å². The van der Waals surface area contributed by atoms with Gasteiger partial charge in [-0.15, -0.1) is 0 Å². The molecule has 3 aromatic carbocycles. The third-order valence-corrected chi connectivity index (χ3v) is 5.65. The van der Waals surface area contributed by atoms with Gasteiger partial charge in [-0.25, -0.2) is 18.0 Å². The predicted molar refractivity (Wildman–Crippen MR) is 102 cm³/mol. The zero-order valence-corrected chi connectivity index (χ0v) is 15.3. The lowest BCUT2D eigenvalue weighted by Gasteiger charge is -2.12. The van der Waals surface area contributed by atoms with E-state index in [-0.39, 0.29) is 32.8 Å². The van der Waals surface area contributed by atoms with E-state index >= 15 is 0 Å². The Morgan fingerprint density at radius 2 is 1.54 bits per heavy atom. The summed E-state index contributed by atoms with van der Waals surface area (Å²) in [6, 6.07) is 10.2. The molecule has 0 saturated heterocycles. The minimum Gasteiger partial charge on any atom is -0.508 e. The number of benzene rings is 3. The first-order valence-electron chi connectivity index (χ1n) is 7.96. The molecular weight excluding hydrogens is 386 g/mol. The van der Waals surface area contributed by atoms with E-state index in [9.17, 15) is 28.2 Å². The minimum atomic E-state index is -4.06. The molecule has 0 unspecified atom stereocenters. The highest BCUT2D eigenvalue weighted by Crippen LogP contribution is 2.32. The second kappa shape index (κ2) is 6.86. The van der Waals surface area contributed by atoms with Gasteiger partial charge in [0.05, 0.1) is 16.0 Å². The molecule has 3 aromatic rings. The van der Waals surface area contributed by atoms with Gasteiger partial charge in [0.15, 0.2) is 0 Å². The largest absolute Gasteiger partial charge is 0.508 e. The number of rotatable bonds is 5. The van der Waals surface area contributed by atoms with Gasteiger partial charge in [0.1, 0.15) is 5.75 Å². The second-order valence-electron chi connectivity index (χ2n) is 6.07. The molecule has 0 aliphatic carbocycles. The zero-order chi connectivity index (χ0) is 20.6. The van der Waals surface area contributed by atoms with Crippen LogP contribution in [0.15, 0.2) is 53.4 Å². The van der Waals surface area contributed by atoms with Crippen molar-refractivity contribution in [1.82, 2.24) is 0 Å². The Morgan fingerprint density at radius 3 is 2.11 bits per heavy atom. The molecule has 0 saturated carbocycles. The molecule has 144 valence electrons. The summed E-state index contributed by atoms with van der Waals surface area (Å²) in [4.78, 5) is 22.2. The van der Waals surface area contributed by atoms with E-state index in [1.165, 1.54) is 42.5 Å². The van der Waals surface area contributed by atoms with Crippen LogP contribution in [-0.2, 0) is 10.0 Å². The SMILES string of the molecule is Cc1c(O)cc(C(=O)O)c2cc(S(=O)(=O)Nc3ccc(C(=O)O)cc3)ccc12. The molecular formula is C19H15NO7S. The fourth-order valence-corrected chi connectivity index (χ4v) is 3.86. The number of anilines is 1. The summed E-state index contributed by atoms with van der Waals surface area (Å²) in [6.45, 7) is 1.60. The van der Waals surface area contributed by atoms with Crippen molar-refractivity contribution in [3.63, 3.8) is 0 Å². The van der Waals surface area contributed by atoms with Gasteiger partial charge < -0.3 is 15.3 Å². The molecule has 0 aliphatic rings. The van der Waals surface area contributed by atoms with E-state index in [2.05, 4.69) is 4.72 Å². The summed E-state index contributed by atoms with van der Waals surface area (Å²) in [5, 5.41) is 28.8. The predicted octanol–water partition coefficient (Wildman–Crippen LogP) is 3.05. The van der Waals surface area contributed by atoms with Crippen LogP contribution in [0, 0.1) is 6.92 Å². The molecule has 9 heteroatoms. The Kier molecular flexibility index (Phi) is 4.70. The Balaban J connectivity index is 2.06. The van der Waals surface area contributed by atoms with Crippen LogP contribution in [0.1, 0.15) is 26.3 Å². The van der Waals surface area contributed by atoms with Crippen molar-refractivity contribution in [1.29, 1.82) is 0 Å². The topological polar surface area (TPSA) is 141 Å². The summed E-state index contributed by atoms with van der Waals surface area (Å²) >= 11 is 0. The molecule has 28 heavy (non-hydrogen) atoms. The van der Waals surface area contributed by atoms with Crippen molar-refractivity contribution in [2.24, 2.45) is 0 Å². The van der Waals surface area contributed by atoms with Crippen LogP contribution in [-0.4, -0.2) is 35.7 Å². The number of fused-ring (bicyclic) bond motifs is 1. The third kappa shape index (κ3) is 3.47. The minimum absolute atomic E-state index is 0.00929.